The minimum absolute atomic E-state index is 0.211. The Morgan fingerprint density at radius 2 is 1.95 bits per heavy atom. The summed E-state index contributed by atoms with van der Waals surface area (Å²) in [6.45, 7) is 6.88. The van der Waals surface area contributed by atoms with Gasteiger partial charge in [-0.05, 0) is 6.92 Å². The van der Waals surface area contributed by atoms with Gasteiger partial charge in [-0.25, -0.2) is 0 Å². The summed E-state index contributed by atoms with van der Waals surface area (Å²) in [6.07, 6.45) is -0.572. The third-order valence-corrected chi connectivity index (χ3v) is 3.04. The predicted molar refractivity (Wildman–Crippen MR) is 81.0 cm³/mol. The highest BCUT2D eigenvalue weighted by Crippen LogP contribution is 2.09. The third-order valence-electron chi connectivity index (χ3n) is 3.04. The van der Waals surface area contributed by atoms with E-state index in [2.05, 4.69) is 38.1 Å². The number of quaternary nitrogens is 1. The molecule has 2 N–H and O–H groups in total. The van der Waals surface area contributed by atoms with Crippen molar-refractivity contribution in [2.24, 2.45) is 0 Å². The van der Waals surface area contributed by atoms with E-state index in [4.69, 9.17) is 0 Å². The van der Waals surface area contributed by atoms with E-state index in [1.807, 2.05) is 18.2 Å². The number of carbonyl (C=O) groups is 1. The second kappa shape index (κ2) is 7.22. The lowest BCUT2D eigenvalue weighted by Crippen LogP contribution is -2.48. The van der Waals surface area contributed by atoms with Gasteiger partial charge >= 0.3 is 0 Å². The summed E-state index contributed by atoms with van der Waals surface area (Å²) in [5.74, 6) is -0.211. The van der Waals surface area contributed by atoms with Crippen LogP contribution < -0.4 is 5.32 Å². The Kier molecular flexibility index (Phi) is 5.92. The first-order valence-electron chi connectivity index (χ1n) is 6.78. The van der Waals surface area contributed by atoms with Crippen LogP contribution in [0.25, 0.3) is 0 Å². The maximum absolute atomic E-state index is 11.4. The number of likely N-dealkylation sites (N-methyl/N-ethyl adjacent to an activating group) is 1. The fourth-order valence-corrected chi connectivity index (χ4v) is 2.14. The molecule has 0 aromatic heterocycles. The van der Waals surface area contributed by atoms with Crippen LogP contribution in [0.2, 0.25) is 0 Å². The standard InChI is InChI=1S/C16H24N2O2/c1-13(2)16(20)17-10-15(19)12-18(3,4)11-14-8-6-5-7-9-14/h5-9,15,19H,1,10-12H2,2-4H3/p+1. The first-order valence-corrected chi connectivity index (χ1v) is 6.78. The van der Waals surface area contributed by atoms with Crippen molar-refractivity contribution < 1.29 is 14.4 Å². The topological polar surface area (TPSA) is 49.3 Å². The van der Waals surface area contributed by atoms with Crippen molar-refractivity contribution in [2.45, 2.75) is 19.6 Å². The molecule has 0 spiro atoms. The van der Waals surface area contributed by atoms with Crippen LogP contribution in [0.1, 0.15) is 12.5 Å². The van der Waals surface area contributed by atoms with Crippen LogP contribution in [-0.4, -0.2) is 48.8 Å². The number of aliphatic hydroxyl groups is 1. The van der Waals surface area contributed by atoms with Crippen LogP contribution in [0.5, 0.6) is 0 Å². The van der Waals surface area contributed by atoms with Crippen molar-refractivity contribution in [3.05, 3.63) is 48.0 Å². The molecule has 20 heavy (non-hydrogen) atoms. The fourth-order valence-electron chi connectivity index (χ4n) is 2.14. The van der Waals surface area contributed by atoms with E-state index in [1.54, 1.807) is 6.92 Å². The highest BCUT2D eigenvalue weighted by atomic mass is 16.3. The minimum Gasteiger partial charge on any atom is -0.385 e. The zero-order chi connectivity index (χ0) is 15.2. The number of carbonyl (C=O) groups excluding carboxylic acids is 1. The molecule has 0 saturated carbocycles. The van der Waals surface area contributed by atoms with Crippen LogP contribution >= 0.6 is 0 Å². The van der Waals surface area contributed by atoms with Gasteiger partial charge in [-0.1, -0.05) is 36.9 Å². The Morgan fingerprint density at radius 1 is 1.35 bits per heavy atom. The van der Waals surface area contributed by atoms with Crippen molar-refractivity contribution in [1.82, 2.24) is 5.32 Å². The summed E-state index contributed by atoms with van der Waals surface area (Å²) in [6, 6.07) is 10.2. The molecule has 0 saturated heterocycles. The largest absolute Gasteiger partial charge is 0.385 e. The first kappa shape index (κ1) is 16.4. The van der Waals surface area contributed by atoms with Crippen LogP contribution in [0.15, 0.2) is 42.5 Å². The molecule has 0 fully saturated rings. The van der Waals surface area contributed by atoms with Crippen LogP contribution in [-0.2, 0) is 11.3 Å². The molecule has 1 amide bonds. The quantitative estimate of drug-likeness (QED) is 0.583. The van der Waals surface area contributed by atoms with Gasteiger partial charge in [0.2, 0.25) is 5.91 Å². The molecular formula is C16H25N2O2+. The summed E-state index contributed by atoms with van der Waals surface area (Å²) in [5, 5.41) is 12.7. The summed E-state index contributed by atoms with van der Waals surface area (Å²) in [4.78, 5) is 11.4. The molecule has 1 atom stereocenters. The molecule has 1 unspecified atom stereocenters. The third kappa shape index (κ3) is 5.99. The number of nitrogens with zero attached hydrogens (tertiary/aromatic N) is 1. The highest BCUT2D eigenvalue weighted by Gasteiger charge is 2.21. The van der Waals surface area contributed by atoms with Crippen molar-refractivity contribution in [1.29, 1.82) is 0 Å². The molecule has 110 valence electrons. The van der Waals surface area contributed by atoms with Crippen molar-refractivity contribution in [3.63, 3.8) is 0 Å². The van der Waals surface area contributed by atoms with E-state index in [1.165, 1.54) is 5.56 Å². The predicted octanol–water partition coefficient (Wildman–Crippen LogP) is 1.32. The zero-order valence-electron chi connectivity index (χ0n) is 12.6. The summed E-state index contributed by atoms with van der Waals surface area (Å²) < 4.78 is 0.661. The van der Waals surface area contributed by atoms with Gasteiger partial charge in [-0.3, -0.25) is 4.79 Å². The van der Waals surface area contributed by atoms with Crippen LogP contribution in [0, 0.1) is 0 Å². The molecule has 0 aliphatic heterocycles. The highest BCUT2D eigenvalue weighted by molar-refractivity contribution is 5.92. The fraction of sp³-hybridized carbons (Fsp3) is 0.438. The average Bonchev–Trinajstić information content (AvgIpc) is 2.35. The average molecular weight is 277 g/mol. The Morgan fingerprint density at radius 3 is 2.50 bits per heavy atom. The number of aliphatic hydroxyl groups excluding tert-OH is 1. The molecule has 0 bridgehead atoms. The Labute approximate surface area is 121 Å². The van der Waals surface area contributed by atoms with Crippen molar-refractivity contribution in [2.75, 3.05) is 27.2 Å². The molecule has 4 heteroatoms. The van der Waals surface area contributed by atoms with Crippen LogP contribution in [0.4, 0.5) is 0 Å². The van der Waals surface area contributed by atoms with Gasteiger partial charge in [-0.2, -0.15) is 0 Å². The van der Waals surface area contributed by atoms with Crippen LogP contribution in [0.3, 0.4) is 0 Å². The maximum Gasteiger partial charge on any atom is 0.246 e. The van der Waals surface area contributed by atoms with Crippen molar-refractivity contribution >= 4 is 5.91 Å². The number of amides is 1. The lowest BCUT2D eigenvalue weighted by molar-refractivity contribution is -0.906. The summed E-state index contributed by atoms with van der Waals surface area (Å²) in [7, 11) is 4.13. The van der Waals surface area contributed by atoms with E-state index in [9.17, 15) is 9.90 Å². The maximum atomic E-state index is 11.4. The van der Waals surface area contributed by atoms with E-state index >= 15 is 0 Å². The summed E-state index contributed by atoms with van der Waals surface area (Å²) >= 11 is 0. The van der Waals surface area contributed by atoms with E-state index in [-0.39, 0.29) is 12.5 Å². The van der Waals surface area contributed by atoms with Gasteiger partial charge in [0.15, 0.2) is 0 Å². The first-order chi connectivity index (χ1) is 9.30. The SMILES string of the molecule is C=C(C)C(=O)NCC(O)C[N+](C)(C)Cc1ccccc1. The lowest BCUT2D eigenvalue weighted by atomic mass is 10.2. The zero-order valence-corrected chi connectivity index (χ0v) is 12.6. The van der Waals surface area contributed by atoms with Gasteiger partial charge in [0.25, 0.3) is 0 Å². The number of hydrogen-bond acceptors (Lipinski definition) is 2. The smallest absolute Gasteiger partial charge is 0.246 e. The lowest BCUT2D eigenvalue weighted by Gasteiger charge is -2.32. The number of nitrogens with one attached hydrogen (secondary N) is 1. The van der Waals surface area contributed by atoms with E-state index in [0.717, 1.165) is 6.54 Å². The molecular weight excluding hydrogens is 252 g/mol. The summed E-state index contributed by atoms with van der Waals surface area (Å²) in [5.41, 5.74) is 1.69. The van der Waals surface area contributed by atoms with Gasteiger partial charge < -0.3 is 14.9 Å². The molecule has 0 heterocycles. The van der Waals surface area contributed by atoms with E-state index < -0.39 is 6.10 Å². The van der Waals surface area contributed by atoms with Gasteiger partial charge in [-0.15, -0.1) is 0 Å². The molecule has 1 aromatic rings. The molecule has 0 radical (unpaired) electrons. The molecule has 0 aliphatic carbocycles. The van der Waals surface area contributed by atoms with E-state index in [0.29, 0.717) is 16.6 Å². The normalized spacial score (nSPS) is 12.8. The number of benzene rings is 1. The van der Waals surface area contributed by atoms with Gasteiger partial charge in [0.05, 0.1) is 14.1 Å². The molecule has 4 nitrogen and oxygen atoms in total. The number of rotatable bonds is 7. The van der Waals surface area contributed by atoms with Gasteiger partial charge in [0.1, 0.15) is 19.2 Å². The second-order valence-electron chi connectivity index (χ2n) is 5.91. The number of hydrogen-bond donors (Lipinski definition) is 2. The minimum atomic E-state index is -0.572. The van der Waals surface area contributed by atoms with Gasteiger partial charge in [0, 0.05) is 17.7 Å². The Hall–Kier alpha value is -1.65. The second-order valence-corrected chi connectivity index (χ2v) is 5.91. The Bertz CT molecular complexity index is 455. The molecule has 1 rings (SSSR count). The Balaban J connectivity index is 2.45. The van der Waals surface area contributed by atoms with Crippen molar-refractivity contribution in [3.8, 4) is 0 Å². The molecule has 0 aliphatic rings. The molecule has 1 aromatic carbocycles. The monoisotopic (exact) mass is 277 g/mol.